The van der Waals surface area contributed by atoms with E-state index in [2.05, 4.69) is 15.3 Å². The molecule has 0 amide bonds. The Morgan fingerprint density at radius 1 is 1.44 bits per heavy atom. The molecule has 1 fully saturated rings. The Balaban J connectivity index is 2.17. The van der Waals surface area contributed by atoms with Crippen molar-refractivity contribution in [1.29, 1.82) is 0 Å². The predicted octanol–water partition coefficient (Wildman–Crippen LogP) is 1.000. The molecular formula is C12H13N3O. The molecule has 1 aliphatic heterocycles. The lowest BCUT2D eigenvalue weighted by Gasteiger charge is -2.08. The first-order chi connectivity index (χ1) is 7.84. The van der Waals surface area contributed by atoms with Crippen LogP contribution in [0.15, 0.2) is 29.2 Å². The second kappa shape index (κ2) is 3.72. The molecule has 82 valence electrons. The minimum atomic E-state index is -0.0347. The van der Waals surface area contributed by atoms with Gasteiger partial charge >= 0.3 is 0 Å². The van der Waals surface area contributed by atoms with Crippen molar-refractivity contribution in [2.75, 3.05) is 13.1 Å². The predicted molar refractivity (Wildman–Crippen MR) is 62.6 cm³/mol. The molecule has 4 nitrogen and oxygen atoms in total. The van der Waals surface area contributed by atoms with Crippen LogP contribution in [0.5, 0.6) is 0 Å². The van der Waals surface area contributed by atoms with Crippen molar-refractivity contribution in [3.05, 3.63) is 40.4 Å². The van der Waals surface area contributed by atoms with Gasteiger partial charge in [-0.15, -0.1) is 0 Å². The van der Waals surface area contributed by atoms with E-state index >= 15 is 0 Å². The number of hydrogen-bond acceptors (Lipinski definition) is 3. The van der Waals surface area contributed by atoms with Crippen molar-refractivity contribution in [2.24, 2.45) is 0 Å². The van der Waals surface area contributed by atoms with Crippen LogP contribution in [0.3, 0.4) is 0 Å². The van der Waals surface area contributed by atoms with Gasteiger partial charge in [-0.1, -0.05) is 0 Å². The summed E-state index contributed by atoms with van der Waals surface area (Å²) in [5.74, 6) is 0.416. The van der Waals surface area contributed by atoms with E-state index in [1.165, 1.54) is 0 Å². The van der Waals surface area contributed by atoms with Crippen molar-refractivity contribution in [3.8, 4) is 0 Å². The zero-order chi connectivity index (χ0) is 11.0. The summed E-state index contributed by atoms with van der Waals surface area (Å²) >= 11 is 0. The minimum absolute atomic E-state index is 0.0347. The van der Waals surface area contributed by atoms with Crippen molar-refractivity contribution >= 4 is 10.9 Å². The zero-order valence-electron chi connectivity index (χ0n) is 8.86. The van der Waals surface area contributed by atoms with E-state index in [0.29, 0.717) is 11.3 Å². The maximum Gasteiger partial charge on any atom is 0.257 e. The monoisotopic (exact) mass is 215 g/mol. The average molecular weight is 215 g/mol. The summed E-state index contributed by atoms with van der Waals surface area (Å²) in [6.45, 7) is 1.96. The second-order valence-corrected chi connectivity index (χ2v) is 4.18. The number of fused-ring (bicyclic) bond motifs is 1. The summed E-state index contributed by atoms with van der Waals surface area (Å²) in [6, 6.07) is 5.58. The highest BCUT2D eigenvalue weighted by molar-refractivity contribution is 5.77. The molecule has 4 heteroatoms. The van der Waals surface area contributed by atoms with E-state index in [0.717, 1.165) is 30.7 Å². The fourth-order valence-corrected chi connectivity index (χ4v) is 2.25. The fraction of sp³-hybridized carbons (Fsp3) is 0.333. The summed E-state index contributed by atoms with van der Waals surface area (Å²) in [6.07, 6.45) is 2.80. The van der Waals surface area contributed by atoms with E-state index in [4.69, 9.17) is 0 Å². The van der Waals surface area contributed by atoms with Crippen LogP contribution in [0.1, 0.15) is 18.0 Å². The first kappa shape index (κ1) is 9.54. The first-order valence-corrected chi connectivity index (χ1v) is 5.53. The molecule has 1 atom stereocenters. The quantitative estimate of drug-likeness (QED) is 0.746. The number of nitrogens with zero attached hydrogens (tertiary/aromatic N) is 1. The van der Waals surface area contributed by atoms with Crippen LogP contribution in [0.25, 0.3) is 10.9 Å². The van der Waals surface area contributed by atoms with E-state index in [9.17, 15) is 4.79 Å². The number of aromatic amines is 1. The van der Waals surface area contributed by atoms with Gasteiger partial charge in [0.2, 0.25) is 0 Å². The van der Waals surface area contributed by atoms with E-state index in [1.54, 1.807) is 18.3 Å². The van der Waals surface area contributed by atoms with Gasteiger partial charge in [0.15, 0.2) is 0 Å². The number of aromatic nitrogens is 2. The van der Waals surface area contributed by atoms with Gasteiger partial charge in [0.05, 0.1) is 10.9 Å². The summed E-state index contributed by atoms with van der Waals surface area (Å²) in [7, 11) is 0. The van der Waals surface area contributed by atoms with Crippen molar-refractivity contribution in [1.82, 2.24) is 15.3 Å². The Bertz CT molecular complexity index is 570. The molecule has 0 radical (unpaired) electrons. The van der Waals surface area contributed by atoms with Gasteiger partial charge in [-0.25, -0.2) is 0 Å². The molecule has 0 aromatic carbocycles. The van der Waals surface area contributed by atoms with Crippen LogP contribution < -0.4 is 10.9 Å². The fourth-order valence-electron chi connectivity index (χ4n) is 2.25. The van der Waals surface area contributed by atoms with E-state index in [1.807, 2.05) is 6.07 Å². The molecule has 0 spiro atoms. The van der Waals surface area contributed by atoms with Gasteiger partial charge in [-0.2, -0.15) is 0 Å². The highest BCUT2D eigenvalue weighted by atomic mass is 16.1. The Labute approximate surface area is 92.7 Å². The maximum absolute atomic E-state index is 11.8. The third-order valence-electron chi connectivity index (χ3n) is 3.13. The van der Waals surface area contributed by atoms with Crippen molar-refractivity contribution in [2.45, 2.75) is 12.3 Å². The standard InChI is InChI=1S/C12H13N3O/c16-12-9-2-1-4-14-11(9)6-10(15-12)8-3-5-13-7-8/h1-2,4,6,8,13H,3,5,7H2,(H,15,16). The molecule has 0 saturated carbocycles. The number of pyridine rings is 2. The molecular weight excluding hydrogens is 202 g/mol. The summed E-state index contributed by atoms with van der Waals surface area (Å²) in [4.78, 5) is 19.0. The second-order valence-electron chi connectivity index (χ2n) is 4.18. The SMILES string of the molecule is O=c1[nH]c(C2CCNC2)cc2ncccc12. The minimum Gasteiger partial charge on any atom is -0.325 e. The molecule has 0 bridgehead atoms. The normalized spacial score (nSPS) is 20.4. The van der Waals surface area contributed by atoms with Crippen molar-refractivity contribution in [3.63, 3.8) is 0 Å². The molecule has 16 heavy (non-hydrogen) atoms. The Morgan fingerprint density at radius 3 is 3.19 bits per heavy atom. The average Bonchev–Trinajstić information content (AvgIpc) is 2.82. The summed E-state index contributed by atoms with van der Waals surface area (Å²) in [5.41, 5.74) is 1.75. The number of nitrogens with one attached hydrogen (secondary N) is 2. The van der Waals surface area contributed by atoms with E-state index in [-0.39, 0.29) is 5.56 Å². The number of hydrogen-bond donors (Lipinski definition) is 2. The molecule has 1 unspecified atom stereocenters. The highest BCUT2D eigenvalue weighted by Gasteiger charge is 2.18. The van der Waals surface area contributed by atoms with Crippen LogP contribution in [0.4, 0.5) is 0 Å². The lowest BCUT2D eigenvalue weighted by Crippen LogP contribution is -2.14. The number of H-pyrrole nitrogens is 1. The van der Waals surface area contributed by atoms with Gasteiger partial charge in [0, 0.05) is 24.4 Å². The van der Waals surface area contributed by atoms with Crippen LogP contribution in [0.2, 0.25) is 0 Å². The maximum atomic E-state index is 11.8. The topological polar surface area (TPSA) is 57.8 Å². The van der Waals surface area contributed by atoms with Gasteiger partial charge in [0.1, 0.15) is 0 Å². The third-order valence-corrected chi connectivity index (χ3v) is 3.13. The van der Waals surface area contributed by atoms with Crippen molar-refractivity contribution < 1.29 is 0 Å². The highest BCUT2D eigenvalue weighted by Crippen LogP contribution is 2.21. The Hall–Kier alpha value is -1.68. The zero-order valence-corrected chi connectivity index (χ0v) is 8.86. The first-order valence-electron chi connectivity index (χ1n) is 5.53. The molecule has 2 N–H and O–H groups in total. The molecule has 1 aliphatic rings. The Morgan fingerprint density at radius 2 is 2.38 bits per heavy atom. The van der Waals surface area contributed by atoms with Gasteiger partial charge in [0.25, 0.3) is 5.56 Å². The lowest BCUT2D eigenvalue weighted by atomic mass is 10.0. The summed E-state index contributed by atoms with van der Waals surface area (Å²) < 4.78 is 0. The van der Waals surface area contributed by atoms with Crippen LogP contribution in [-0.2, 0) is 0 Å². The van der Waals surface area contributed by atoms with Gasteiger partial charge in [-0.3, -0.25) is 9.78 Å². The molecule has 2 aromatic rings. The number of rotatable bonds is 1. The molecule has 3 heterocycles. The molecule has 0 aliphatic carbocycles. The van der Waals surface area contributed by atoms with Gasteiger partial charge in [-0.05, 0) is 31.2 Å². The Kier molecular flexibility index (Phi) is 2.22. The smallest absolute Gasteiger partial charge is 0.257 e. The molecule has 2 aromatic heterocycles. The van der Waals surface area contributed by atoms with Crippen LogP contribution >= 0.6 is 0 Å². The van der Waals surface area contributed by atoms with E-state index < -0.39 is 0 Å². The van der Waals surface area contributed by atoms with Crippen LogP contribution in [-0.4, -0.2) is 23.1 Å². The largest absolute Gasteiger partial charge is 0.325 e. The summed E-state index contributed by atoms with van der Waals surface area (Å²) in [5, 5.41) is 3.96. The van der Waals surface area contributed by atoms with Gasteiger partial charge < -0.3 is 10.3 Å². The third kappa shape index (κ3) is 1.51. The lowest BCUT2D eigenvalue weighted by molar-refractivity contribution is 0.733. The molecule has 1 saturated heterocycles. The molecule has 3 rings (SSSR count). The van der Waals surface area contributed by atoms with Crippen LogP contribution in [0, 0.1) is 0 Å².